The summed E-state index contributed by atoms with van der Waals surface area (Å²) in [5.74, 6) is -0.447. The number of nitrogens with zero attached hydrogens (tertiary/aromatic N) is 4. The van der Waals surface area contributed by atoms with E-state index < -0.39 is 5.91 Å². The highest BCUT2D eigenvalue weighted by Gasteiger charge is 2.36. The second-order valence-electron chi connectivity index (χ2n) is 6.39. The first-order valence-electron chi connectivity index (χ1n) is 8.46. The summed E-state index contributed by atoms with van der Waals surface area (Å²) in [7, 11) is 3.92. The van der Waals surface area contributed by atoms with Gasteiger partial charge < -0.3 is 4.90 Å². The van der Waals surface area contributed by atoms with Crippen molar-refractivity contribution < 1.29 is 4.79 Å². The molecule has 0 unspecified atom stereocenters. The molecule has 2 aliphatic heterocycles. The number of amides is 1. The van der Waals surface area contributed by atoms with E-state index in [1.165, 1.54) is 16.8 Å². The third-order valence-corrected chi connectivity index (χ3v) is 5.55. The topological polar surface area (TPSA) is 72.1 Å². The minimum Gasteiger partial charge on any atom is -0.378 e. The number of aliphatic imine (C=N–C) groups is 1. The van der Waals surface area contributed by atoms with Crippen LogP contribution in [0, 0.1) is 5.41 Å². The second-order valence-corrected chi connectivity index (χ2v) is 7.75. The number of carbonyl (C=O) groups is 1. The standard InChI is InChI=1S/C20H16ClN5OS/c1-25(2)13-9-7-12(8-10-13)11-15-17(22)26-20(23-18(15)27)28-19(24-26)14-5-3-4-6-16(14)21/h3-11,22H,1-2H3/b15-11+,22-17?. The predicted molar refractivity (Wildman–Crippen MR) is 116 cm³/mol. The number of amidine groups is 2. The number of nitrogens with one attached hydrogen (secondary N) is 1. The summed E-state index contributed by atoms with van der Waals surface area (Å²) >= 11 is 7.48. The predicted octanol–water partition coefficient (Wildman–Crippen LogP) is 4.07. The lowest BCUT2D eigenvalue weighted by Gasteiger charge is -2.20. The van der Waals surface area contributed by atoms with Gasteiger partial charge in [-0.15, -0.1) is 0 Å². The number of halogens is 1. The van der Waals surface area contributed by atoms with Gasteiger partial charge in [-0.1, -0.05) is 41.9 Å². The molecule has 2 heterocycles. The van der Waals surface area contributed by atoms with Crippen molar-refractivity contribution in [3.05, 3.63) is 70.3 Å². The van der Waals surface area contributed by atoms with Crippen molar-refractivity contribution in [2.24, 2.45) is 10.1 Å². The van der Waals surface area contributed by atoms with Gasteiger partial charge in [0.25, 0.3) is 5.91 Å². The smallest absolute Gasteiger partial charge is 0.283 e. The zero-order chi connectivity index (χ0) is 19.8. The molecule has 1 amide bonds. The van der Waals surface area contributed by atoms with Crippen LogP contribution in [0.1, 0.15) is 11.1 Å². The molecular weight excluding hydrogens is 394 g/mol. The van der Waals surface area contributed by atoms with Gasteiger partial charge in [-0.25, -0.2) is 0 Å². The molecule has 28 heavy (non-hydrogen) atoms. The molecule has 0 bridgehead atoms. The van der Waals surface area contributed by atoms with Crippen molar-refractivity contribution in [1.82, 2.24) is 5.01 Å². The van der Waals surface area contributed by atoms with Crippen LogP contribution in [0.5, 0.6) is 0 Å². The molecule has 6 nitrogen and oxygen atoms in total. The van der Waals surface area contributed by atoms with Crippen molar-refractivity contribution >= 4 is 57.1 Å². The van der Waals surface area contributed by atoms with E-state index in [1.807, 2.05) is 61.5 Å². The van der Waals surface area contributed by atoms with E-state index in [-0.39, 0.29) is 11.4 Å². The number of rotatable bonds is 3. The number of anilines is 1. The maximum Gasteiger partial charge on any atom is 0.283 e. The summed E-state index contributed by atoms with van der Waals surface area (Å²) in [5, 5.41) is 15.8. The van der Waals surface area contributed by atoms with Crippen LogP contribution in [0.2, 0.25) is 5.02 Å². The van der Waals surface area contributed by atoms with Crippen LogP contribution in [0.25, 0.3) is 6.08 Å². The molecule has 2 aromatic rings. The average Bonchev–Trinajstić information content (AvgIpc) is 3.09. The summed E-state index contributed by atoms with van der Waals surface area (Å²) in [6.45, 7) is 0. The maximum absolute atomic E-state index is 12.5. The fourth-order valence-electron chi connectivity index (χ4n) is 2.77. The van der Waals surface area contributed by atoms with E-state index >= 15 is 0 Å². The summed E-state index contributed by atoms with van der Waals surface area (Å²) in [6.07, 6.45) is 1.66. The number of benzene rings is 2. The third kappa shape index (κ3) is 3.34. The third-order valence-electron chi connectivity index (χ3n) is 4.28. The van der Waals surface area contributed by atoms with Gasteiger partial charge in [0.1, 0.15) is 5.04 Å². The van der Waals surface area contributed by atoms with Crippen LogP contribution in [0.3, 0.4) is 0 Å². The van der Waals surface area contributed by atoms with E-state index in [0.29, 0.717) is 15.2 Å². The van der Waals surface area contributed by atoms with Gasteiger partial charge in [0.05, 0.1) is 10.6 Å². The van der Waals surface area contributed by atoms with Gasteiger partial charge in [-0.3, -0.25) is 10.2 Å². The maximum atomic E-state index is 12.5. The lowest BCUT2D eigenvalue weighted by atomic mass is 10.1. The quantitative estimate of drug-likeness (QED) is 0.775. The zero-order valence-electron chi connectivity index (χ0n) is 15.2. The molecule has 0 aliphatic carbocycles. The van der Waals surface area contributed by atoms with Crippen LogP contribution in [-0.2, 0) is 4.79 Å². The average molecular weight is 410 g/mol. The molecule has 1 N–H and O–H groups in total. The first-order chi connectivity index (χ1) is 13.4. The van der Waals surface area contributed by atoms with Crippen LogP contribution < -0.4 is 4.90 Å². The van der Waals surface area contributed by atoms with E-state index in [4.69, 9.17) is 17.0 Å². The molecular formula is C20H16ClN5OS. The largest absolute Gasteiger partial charge is 0.378 e. The van der Waals surface area contributed by atoms with E-state index in [1.54, 1.807) is 12.1 Å². The Hall–Kier alpha value is -2.90. The molecule has 8 heteroatoms. The zero-order valence-corrected chi connectivity index (χ0v) is 16.8. The molecule has 0 spiro atoms. The van der Waals surface area contributed by atoms with Crippen molar-refractivity contribution in [2.75, 3.05) is 19.0 Å². The Kier molecular flexibility index (Phi) is 4.78. The fourth-order valence-corrected chi connectivity index (χ4v) is 3.98. The molecule has 140 valence electrons. The molecule has 0 fully saturated rings. The molecule has 2 aliphatic rings. The highest BCUT2D eigenvalue weighted by atomic mass is 35.5. The first kappa shape index (κ1) is 18.5. The van der Waals surface area contributed by atoms with Crippen molar-refractivity contribution in [3.63, 3.8) is 0 Å². The SMILES string of the molecule is CN(C)c1ccc(/C=C2\C(=N)N3N=C(c4ccccc4Cl)SC3=NC2=O)cc1. The number of hydrogen-bond acceptors (Lipinski definition) is 5. The summed E-state index contributed by atoms with van der Waals surface area (Å²) in [5.41, 5.74) is 2.82. The Morgan fingerprint density at radius 1 is 1.14 bits per heavy atom. The number of hydrogen-bond donors (Lipinski definition) is 1. The van der Waals surface area contributed by atoms with Crippen LogP contribution >= 0.6 is 23.4 Å². The second kappa shape index (κ2) is 7.26. The molecule has 0 radical (unpaired) electrons. The van der Waals surface area contributed by atoms with Crippen molar-refractivity contribution in [1.29, 1.82) is 5.41 Å². The van der Waals surface area contributed by atoms with Gasteiger partial charge in [-0.05, 0) is 41.6 Å². The molecule has 2 aromatic carbocycles. The van der Waals surface area contributed by atoms with Crippen molar-refractivity contribution in [3.8, 4) is 0 Å². The van der Waals surface area contributed by atoms with Crippen LogP contribution in [0.15, 0.2) is 64.2 Å². The first-order valence-corrected chi connectivity index (χ1v) is 9.66. The number of thioether (sulfide) groups is 1. The van der Waals surface area contributed by atoms with E-state index in [0.717, 1.165) is 16.8 Å². The summed E-state index contributed by atoms with van der Waals surface area (Å²) < 4.78 is 0. The normalized spacial score (nSPS) is 17.5. The molecule has 0 atom stereocenters. The van der Waals surface area contributed by atoms with Gasteiger partial charge in [0.15, 0.2) is 5.84 Å². The Labute approximate surface area is 171 Å². The number of fused-ring (bicyclic) bond motifs is 1. The molecule has 0 saturated carbocycles. The lowest BCUT2D eigenvalue weighted by Crippen LogP contribution is -2.35. The van der Waals surface area contributed by atoms with Gasteiger partial charge in [0.2, 0.25) is 5.17 Å². The number of carbonyl (C=O) groups excluding carboxylic acids is 1. The fraction of sp³-hybridized carbons (Fsp3) is 0.100. The Morgan fingerprint density at radius 3 is 2.54 bits per heavy atom. The molecule has 0 saturated heterocycles. The van der Waals surface area contributed by atoms with E-state index in [2.05, 4.69) is 10.1 Å². The van der Waals surface area contributed by atoms with Gasteiger partial charge in [0, 0.05) is 25.3 Å². The summed E-state index contributed by atoms with van der Waals surface area (Å²) in [4.78, 5) is 18.6. The molecule has 0 aromatic heterocycles. The number of hydrazone groups is 1. The summed E-state index contributed by atoms with van der Waals surface area (Å²) in [6, 6.07) is 15.0. The van der Waals surface area contributed by atoms with Gasteiger partial charge in [-0.2, -0.15) is 15.1 Å². The Bertz CT molecular complexity index is 1070. The Morgan fingerprint density at radius 2 is 1.86 bits per heavy atom. The highest BCUT2D eigenvalue weighted by molar-refractivity contribution is 8.27. The van der Waals surface area contributed by atoms with Crippen molar-refractivity contribution in [2.45, 2.75) is 0 Å². The minimum absolute atomic E-state index is 0.00115. The van der Waals surface area contributed by atoms with Crippen LogP contribution in [-0.4, -0.2) is 41.1 Å². The van der Waals surface area contributed by atoms with Crippen LogP contribution in [0.4, 0.5) is 5.69 Å². The lowest BCUT2D eigenvalue weighted by molar-refractivity contribution is -0.114. The van der Waals surface area contributed by atoms with E-state index in [9.17, 15) is 4.79 Å². The Balaban J connectivity index is 1.66. The van der Waals surface area contributed by atoms with Gasteiger partial charge >= 0.3 is 0 Å². The monoisotopic (exact) mass is 409 g/mol. The highest BCUT2D eigenvalue weighted by Crippen LogP contribution is 2.33. The molecule has 4 rings (SSSR count). The minimum atomic E-state index is -0.448.